The van der Waals surface area contributed by atoms with Crippen LogP contribution >= 0.6 is 0 Å². The average molecular weight is 373 g/mol. The SMILES string of the molecule is CN1CC(c2cc(C#N)c3c(c2)Nc2ncnc(-c4cnn(C)c4)c2CO3)C1. The molecule has 1 saturated heterocycles. The van der Waals surface area contributed by atoms with Crippen LogP contribution in [0.3, 0.4) is 0 Å². The van der Waals surface area contributed by atoms with E-state index in [1.165, 1.54) is 6.33 Å². The number of aryl methyl sites for hydroxylation is 1. The Kier molecular flexibility index (Phi) is 3.77. The monoisotopic (exact) mass is 373 g/mol. The number of ether oxygens (including phenoxy) is 1. The van der Waals surface area contributed by atoms with Crippen molar-refractivity contribution in [2.75, 3.05) is 25.5 Å². The van der Waals surface area contributed by atoms with Crippen molar-refractivity contribution < 1.29 is 4.74 Å². The molecule has 0 atom stereocenters. The Labute approximate surface area is 162 Å². The van der Waals surface area contributed by atoms with Gasteiger partial charge in [-0.1, -0.05) is 0 Å². The maximum atomic E-state index is 9.68. The third-order valence-corrected chi connectivity index (χ3v) is 5.30. The van der Waals surface area contributed by atoms with Crippen molar-refractivity contribution in [2.45, 2.75) is 12.5 Å². The molecule has 5 rings (SSSR count). The summed E-state index contributed by atoms with van der Waals surface area (Å²) in [6, 6.07) is 6.31. The largest absolute Gasteiger partial charge is 0.485 e. The lowest BCUT2D eigenvalue weighted by atomic mass is 9.90. The van der Waals surface area contributed by atoms with Crippen molar-refractivity contribution in [2.24, 2.45) is 7.05 Å². The van der Waals surface area contributed by atoms with Crippen molar-refractivity contribution in [3.8, 4) is 23.1 Å². The predicted molar refractivity (Wildman–Crippen MR) is 103 cm³/mol. The molecule has 0 spiro atoms. The lowest BCUT2D eigenvalue weighted by Crippen LogP contribution is -2.41. The van der Waals surface area contributed by atoms with Crippen LogP contribution in [0.2, 0.25) is 0 Å². The van der Waals surface area contributed by atoms with Gasteiger partial charge >= 0.3 is 0 Å². The minimum absolute atomic E-state index is 0.278. The molecule has 2 aromatic heterocycles. The standard InChI is InChI=1S/C20H19N7O/c1-26-7-15(8-26)12-3-13(5-21)19-17(4-12)25-20-16(10-28-19)18(22-11-23-20)14-6-24-27(2)9-14/h3-4,6,9,11,15H,7-8,10H2,1-2H3,(H,22,23,25). The molecule has 8 heteroatoms. The molecular formula is C20H19N7O. The number of hydrogen-bond donors (Lipinski definition) is 1. The number of benzene rings is 1. The summed E-state index contributed by atoms with van der Waals surface area (Å²) in [7, 11) is 3.96. The number of nitrogens with one attached hydrogen (secondary N) is 1. The van der Waals surface area contributed by atoms with Crippen molar-refractivity contribution in [3.05, 3.63) is 47.5 Å². The number of hydrogen-bond acceptors (Lipinski definition) is 7. The summed E-state index contributed by atoms with van der Waals surface area (Å²) < 4.78 is 7.81. The average Bonchev–Trinajstić information content (AvgIpc) is 3.00. The van der Waals surface area contributed by atoms with E-state index in [2.05, 4.69) is 44.5 Å². The quantitative estimate of drug-likeness (QED) is 0.737. The number of likely N-dealkylation sites (N-methyl/N-ethyl adjacent to an activating group) is 1. The van der Waals surface area contributed by atoms with Crippen LogP contribution in [0.4, 0.5) is 11.5 Å². The highest BCUT2D eigenvalue weighted by Crippen LogP contribution is 2.41. The molecule has 2 aliphatic heterocycles. The van der Waals surface area contributed by atoms with Gasteiger partial charge in [0.05, 0.1) is 28.7 Å². The highest BCUT2D eigenvalue weighted by atomic mass is 16.5. The minimum Gasteiger partial charge on any atom is -0.485 e. The van der Waals surface area contributed by atoms with Crippen LogP contribution in [-0.4, -0.2) is 44.8 Å². The van der Waals surface area contributed by atoms with Crippen molar-refractivity contribution >= 4 is 11.5 Å². The third-order valence-electron chi connectivity index (χ3n) is 5.30. The van der Waals surface area contributed by atoms with E-state index in [1.807, 2.05) is 19.3 Å². The molecule has 3 aromatic rings. The molecular weight excluding hydrogens is 354 g/mol. The van der Waals surface area contributed by atoms with Gasteiger partial charge in [0.25, 0.3) is 0 Å². The zero-order valence-electron chi connectivity index (χ0n) is 15.7. The zero-order valence-corrected chi connectivity index (χ0v) is 15.7. The van der Waals surface area contributed by atoms with E-state index in [0.29, 0.717) is 23.0 Å². The predicted octanol–water partition coefficient (Wildman–Crippen LogP) is 2.41. The van der Waals surface area contributed by atoms with Gasteiger partial charge in [0.15, 0.2) is 5.75 Å². The summed E-state index contributed by atoms with van der Waals surface area (Å²) in [5, 5.41) is 17.3. The number of anilines is 2. The van der Waals surface area contributed by atoms with Gasteiger partial charge in [0.1, 0.15) is 24.8 Å². The number of rotatable bonds is 2. The molecule has 28 heavy (non-hydrogen) atoms. The van der Waals surface area contributed by atoms with E-state index in [-0.39, 0.29) is 6.61 Å². The van der Waals surface area contributed by atoms with Gasteiger partial charge in [-0.15, -0.1) is 0 Å². The lowest BCUT2D eigenvalue weighted by Gasteiger charge is -2.36. The minimum atomic E-state index is 0.278. The van der Waals surface area contributed by atoms with Gasteiger partial charge in [-0.2, -0.15) is 10.4 Å². The first kappa shape index (κ1) is 16.7. The van der Waals surface area contributed by atoms with Crippen LogP contribution < -0.4 is 10.1 Å². The van der Waals surface area contributed by atoms with Crippen molar-refractivity contribution in [1.82, 2.24) is 24.6 Å². The number of nitrogens with zero attached hydrogens (tertiary/aromatic N) is 6. The second-order valence-corrected chi connectivity index (χ2v) is 7.34. The first-order chi connectivity index (χ1) is 13.6. The van der Waals surface area contributed by atoms with Crippen LogP contribution in [0.25, 0.3) is 11.3 Å². The fourth-order valence-corrected chi connectivity index (χ4v) is 3.85. The van der Waals surface area contributed by atoms with E-state index in [1.54, 1.807) is 10.9 Å². The molecule has 4 heterocycles. The summed E-state index contributed by atoms with van der Waals surface area (Å²) in [4.78, 5) is 11.1. The number of fused-ring (bicyclic) bond motifs is 2. The fraction of sp³-hybridized carbons (Fsp3) is 0.300. The van der Waals surface area contributed by atoms with Crippen LogP contribution in [0, 0.1) is 11.3 Å². The maximum absolute atomic E-state index is 9.68. The summed E-state index contributed by atoms with van der Waals surface area (Å²) in [5.41, 5.74) is 4.99. The first-order valence-electron chi connectivity index (χ1n) is 9.11. The van der Waals surface area contributed by atoms with Crippen molar-refractivity contribution in [3.63, 3.8) is 0 Å². The van der Waals surface area contributed by atoms with Gasteiger partial charge in [-0.3, -0.25) is 4.68 Å². The number of aromatic nitrogens is 4. The summed E-state index contributed by atoms with van der Waals surface area (Å²) in [6.07, 6.45) is 5.22. The Morgan fingerprint density at radius 3 is 2.82 bits per heavy atom. The molecule has 0 bridgehead atoms. The van der Waals surface area contributed by atoms with E-state index in [4.69, 9.17) is 4.74 Å². The molecule has 0 amide bonds. The second kappa shape index (κ2) is 6.32. The molecule has 0 unspecified atom stereocenters. The van der Waals surface area contributed by atoms with Gasteiger partial charge in [0.2, 0.25) is 0 Å². The Hall–Kier alpha value is -3.44. The zero-order chi connectivity index (χ0) is 19.3. The van der Waals surface area contributed by atoms with E-state index in [9.17, 15) is 5.26 Å². The third kappa shape index (κ3) is 2.68. The molecule has 8 nitrogen and oxygen atoms in total. The topological polar surface area (TPSA) is 91.9 Å². The number of nitriles is 1. The van der Waals surface area contributed by atoms with Crippen molar-refractivity contribution in [1.29, 1.82) is 5.26 Å². The van der Waals surface area contributed by atoms with E-state index < -0.39 is 0 Å². The second-order valence-electron chi connectivity index (χ2n) is 7.34. The number of likely N-dealkylation sites (tertiary alicyclic amines) is 1. The van der Waals surface area contributed by atoms with Crippen LogP contribution in [0.5, 0.6) is 5.75 Å². The highest BCUT2D eigenvalue weighted by molar-refractivity contribution is 5.76. The van der Waals surface area contributed by atoms with Gasteiger partial charge < -0.3 is 15.0 Å². The Morgan fingerprint density at radius 1 is 1.25 bits per heavy atom. The molecule has 140 valence electrons. The smallest absolute Gasteiger partial charge is 0.161 e. The summed E-state index contributed by atoms with van der Waals surface area (Å²) >= 11 is 0. The molecule has 1 aromatic carbocycles. The molecule has 1 fully saturated rings. The van der Waals surface area contributed by atoms with Gasteiger partial charge in [0, 0.05) is 37.8 Å². The summed E-state index contributed by atoms with van der Waals surface area (Å²) in [5.74, 6) is 1.69. The molecule has 0 aliphatic carbocycles. The van der Waals surface area contributed by atoms with Crippen LogP contribution in [0.1, 0.15) is 22.6 Å². The van der Waals surface area contributed by atoms with Gasteiger partial charge in [-0.25, -0.2) is 9.97 Å². The maximum Gasteiger partial charge on any atom is 0.161 e. The Bertz CT molecular complexity index is 1110. The first-order valence-corrected chi connectivity index (χ1v) is 9.11. The van der Waals surface area contributed by atoms with E-state index >= 15 is 0 Å². The van der Waals surface area contributed by atoms with E-state index in [0.717, 1.165) is 41.2 Å². The van der Waals surface area contributed by atoms with Crippen LogP contribution in [0.15, 0.2) is 30.9 Å². The molecule has 0 radical (unpaired) electrons. The highest BCUT2D eigenvalue weighted by Gasteiger charge is 2.28. The molecule has 1 N–H and O–H groups in total. The molecule has 0 saturated carbocycles. The Balaban J connectivity index is 1.58. The van der Waals surface area contributed by atoms with Crippen LogP contribution in [-0.2, 0) is 13.7 Å². The summed E-state index contributed by atoms with van der Waals surface area (Å²) in [6.45, 7) is 2.27. The Morgan fingerprint density at radius 2 is 2.11 bits per heavy atom. The lowest BCUT2D eigenvalue weighted by molar-refractivity contribution is 0.189. The molecule has 2 aliphatic rings. The fourth-order valence-electron chi connectivity index (χ4n) is 3.85. The van der Waals surface area contributed by atoms with Gasteiger partial charge in [-0.05, 0) is 24.7 Å². The normalized spacial score (nSPS) is 16.0.